The van der Waals surface area contributed by atoms with Gasteiger partial charge in [-0.05, 0) is 38.5 Å². The average molecular weight is 290 g/mol. The molecule has 2 aromatic rings. The van der Waals surface area contributed by atoms with Crippen molar-refractivity contribution in [2.75, 3.05) is 0 Å². The van der Waals surface area contributed by atoms with Crippen LogP contribution in [0.25, 0.3) is 0 Å². The van der Waals surface area contributed by atoms with E-state index in [1.807, 2.05) is 19.1 Å². The number of imidazole rings is 1. The second kappa shape index (κ2) is 6.13. The maximum atomic E-state index is 10.8. The summed E-state index contributed by atoms with van der Waals surface area (Å²) >= 11 is 1.68. The number of aromatic carboxylic acids is 1. The van der Waals surface area contributed by atoms with Crippen LogP contribution in [0.3, 0.4) is 0 Å². The fraction of sp³-hybridized carbons (Fsp3) is 0.333. The number of aromatic nitrogens is 2. The maximum absolute atomic E-state index is 10.8. The lowest BCUT2D eigenvalue weighted by atomic mass is 10.1. The van der Waals surface area contributed by atoms with Gasteiger partial charge < -0.3 is 9.67 Å². The fourth-order valence-corrected chi connectivity index (χ4v) is 3.11. The van der Waals surface area contributed by atoms with Crippen molar-refractivity contribution in [3.05, 3.63) is 46.8 Å². The molecule has 1 aromatic heterocycles. The number of nitrogens with zero attached hydrogens (tertiary/aromatic N) is 2. The van der Waals surface area contributed by atoms with E-state index in [4.69, 9.17) is 5.11 Å². The van der Waals surface area contributed by atoms with Crippen molar-refractivity contribution >= 4 is 17.7 Å². The molecule has 2 rings (SSSR count). The Labute approximate surface area is 122 Å². The summed E-state index contributed by atoms with van der Waals surface area (Å²) in [5.41, 5.74) is 3.69. The molecule has 0 saturated heterocycles. The number of aryl methyl sites for hydroxylation is 1. The number of rotatable bonds is 5. The van der Waals surface area contributed by atoms with Gasteiger partial charge in [0.1, 0.15) is 0 Å². The third kappa shape index (κ3) is 3.04. The van der Waals surface area contributed by atoms with Crippen molar-refractivity contribution in [2.24, 2.45) is 0 Å². The molecule has 5 heteroatoms. The van der Waals surface area contributed by atoms with Gasteiger partial charge in [0.15, 0.2) is 5.16 Å². The summed E-state index contributed by atoms with van der Waals surface area (Å²) < 4.78 is 2.20. The smallest absolute Gasteiger partial charge is 0.335 e. The summed E-state index contributed by atoms with van der Waals surface area (Å²) in [5.74, 6) is -0.104. The van der Waals surface area contributed by atoms with E-state index in [0.29, 0.717) is 5.56 Å². The lowest BCUT2D eigenvalue weighted by Crippen LogP contribution is -1.99. The highest BCUT2D eigenvalue weighted by Gasteiger charge is 2.10. The molecule has 1 N–H and O–H groups in total. The molecule has 0 spiro atoms. The van der Waals surface area contributed by atoms with E-state index in [9.17, 15) is 4.79 Å². The van der Waals surface area contributed by atoms with Crippen molar-refractivity contribution in [1.29, 1.82) is 0 Å². The van der Waals surface area contributed by atoms with Crippen LogP contribution in [-0.4, -0.2) is 20.6 Å². The Kier molecular flexibility index (Phi) is 4.49. The number of thioether (sulfide) groups is 1. The standard InChI is InChI=1S/C15H18N2O2S/c1-4-17-11(3)10(2)16-15(17)20-9-12-5-7-13(8-6-12)14(18)19/h5-8H,4,9H2,1-3H3,(H,18,19). The number of hydrogen-bond donors (Lipinski definition) is 1. The van der Waals surface area contributed by atoms with Crippen LogP contribution in [0, 0.1) is 13.8 Å². The second-order valence-electron chi connectivity index (χ2n) is 4.60. The van der Waals surface area contributed by atoms with E-state index in [1.54, 1.807) is 23.9 Å². The molecule has 0 aliphatic rings. The molecule has 1 heterocycles. The largest absolute Gasteiger partial charge is 0.478 e. The van der Waals surface area contributed by atoms with Gasteiger partial charge in [-0.2, -0.15) is 0 Å². The Balaban J connectivity index is 2.09. The third-order valence-corrected chi connectivity index (χ3v) is 4.36. The van der Waals surface area contributed by atoms with E-state index in [2.05, 4.69) is 23.4 Å². The fourth-order valence-electron chi connectivity index (χ4n) is 2.00. The number of hydrogen-bond acceptors (Lipinski definition) is 3. The summed E-state index contributed by atoms with van der Waals surface area (Å²) in [7, 11) is 0. The summed E-state index contributed by atoms with van der Waals surface area (Å²) in [6.07, 6.45) is 0. The molecule has 0 aliphatic heterocycles. The first-order valence-corrected chi connectivity index (χ1v) is 7.50. The van der Waals surface area contributed by atoms with Crippen LogP contribution in [0.5, 0.6) is 0 Å². The minimum atomic E-state index is -0.892. The number of carbonyl (C=O) groups is 1. The van der Waals surface area contributed by atoms with E-state index in [1.165, 1.54) is 5.69 Å². The molecule has 0 unspecified atom stereocenters. The van der Waals surface area contributed by atoms with Crippen molar-refractivity contribution in [3.8, 4) is 0 Å². The van der Waals surface area contributed by atoms with E-state index < -0.39 is 5.97 Å². The summed E-state index contributed by atoms with van der Waals surface area (Å²) in [6, 6.07) is 6.99. The number of carboxylic acids is 1. The predicted molar refractivity (Wildman–Crippen MR) is 80.3 cm³/mol. The Morgan fingerprint density at radius 3 is 2.50 bits per heavy atom. The zero-order valence-electron chi connectivity index (χ0n) is 11.9. The van der Waals surface area contributed by atoms with Crippen LogP contribution in [-0.2, 0) is 12.3 Å². The first kappa shape index (κ1) is 14.7. The highest BCUT2D eigenvalue weighted by Crippen LogP contribution is 2.24. The quantitative estimate of drug-likeness (QED) is 0.856. The lowest BCUT2D eigenvalue weighted by molar-refractivity contribution is 0.0697. The molecule has 0 amide bonds. The lowest BCUT2D eigenvalue weighted by Gasteiger charge is -2.06. The van der Waals surface area contributed by atoms with Crippen molar-refractivity contribution in [2.45, 2.75) is 38.2 Å². The van der Waals surface area contributed by atoms with Gasteiger partial charge in [-0.25, -0.2) is 9.78 Å². The van der Waals surface area contributed by atoms with Gasteiger partial charge in [0, 0.05) is 18.0 Å². The van der Waals surface area contributed by atoms with Gasteiger partial charge in [0.05, 0.1) is 11.3 Å². The molecule has 20 heavy (non-hydrogen) atoms. The van der Waals surface area contributed by atoms with Gasteiger partial charge in [0.2, 0.25) is 0 Å². The second-order valence-corrected chi connectivity index (χ2v) is 5.54. The molecule has 0 aliphatic carbocycles. The topological polar surface area (TPSA) is 55.1 Å². The highest BCUT2D eigenvalue weighted by atomic mass is 32.2. The van der Waals surface area contributed by atoms with Crippen molar-refractivity contribution in [1.82, 2.24) is 9.55 Å². The van der Waals surface area contributed by atoms with Gasteiger partial charge in [-0.1, -0.05) is 23.9 Å². The predicted octanol–water partition coefficient (Wildman–Crippen LogP) is 3.51. The van der Waals surface area contributed by atoms with Crippen molar-refractivity contribution < 1.29 is 9.90 Å². The molecule has 0 radical (unpaired) electrons. The minimum absolute atomic E-state index is 0.320. The number of carboxylic acid groups (broad SMARTS) is 1. The summed E-state index contributed by atoms with van der Waals surface area (Å²) in [4.78, 5) is 15.4. The Morgan fingerprint density at radius 2 is 1.95 bits per heavy atom. The molecule has 4 nitrogen and oxygen atoms in total. The SMILES string of the molecule is CCn1c(SCc2ccc(C(=O)O)cc2)nc(C)c1C. The first-order valence-electron chi connectivity index (χ1n) is 6.51. The average Bonchev–Trinajstić information content (AvgIpc) is 2.71. The minimum Gasteiger partial charge on any atom is -0.478 e. The van der Waals surface area contributed by atoms with Gasteiger partial charge in [-0.3, -0.25) is 0 Å². The van der Waals surface area contributed by atoms with Crippen LogP contribution in [0.2, 0.25) is 0 Å². The van der Waals surface area contributed by atoms with Crippen LogP contribution in [0.4, 0.5) is 0 Å². The Morgan fingerprint density at radius 1 is 1.30 bits per heavy atom. The molecule has 0 fully saturated rings. The van der Waals surface area contributed by atoms with E-state index in [-0.39, 0.29) is 0 Å². The van der Waals surface area contributed by atoms with E-state index in [0.717, 1.165) is 28.7 Å². The number of benzene rings is 1. The van der Waals surface area contributed by atoms with Crippen LogP contribution in [0.1, 0.15) is 34.2 Å². The zero-order valence-corrected chi connectivity index (χ0v) is 12.7. The summed E-state index contributed by atoms with van der Waals surface area (Å²) in [6.45, 7) is 7.12. The highest BCUT2D eigenvalue weighted by molar-refractivity contribution is 7.98. The Bertz CT molecular complexity index is 618. The molecule has 1 aromatic carbocycles. The van der Waals surface area contributed by atoms with Crippen LogP contribution >= 0.6 is 11.8 Å². The van der Waals surface area contributed by atoms with Gasteiger partial charge >= 0.3 is 5.97 Å². The monoisotopic (exact) mass is 290 g/mol. The molecule has 0 atom stereocenters. The van der Waals surface area contributed by atoms with Crippen molar-refractivity contribution in [3.63, 3.8) is 0 Å². The summed E-state index contributed by atoms with van der Waals surface area (Å²) in [5, 5.41) is 9.89. The van der Waals surface area contributed by atoms with E-state index >= 15 is 0 Å². The van der Waals surface area contributed by atoms with Crippen LogP contribution in [0.15, 0.2) is 29.4 Å². The maximum Gasteiger partial charge on any atom is 0.335 e. The molecule has 106 valence electrons. The van der Waals surface area contributed by atoms with Gasteiger partial charge in [0.25, 0.3) is 0 Å². The molecule has 0 saturated carbocycles. The third-order valence-electron chi connectivity index (χ3n) is 3.31. The zero-order chi connectivity index (χ0) is 14.7. The normalized spacial score (nSPS) is 10.8. The first-order chi connectivity index (χ1) is 9.52. The van der Waals surface area contributed by atoms with Gasteiger partial charge in [-0.15, -0.1) is 0 Å². The molecular formula is C15H18N2O2S. The molecular weight excluding hydrogens is 272 g/mol. The molecule has 0 bridgehead atoms. The Hall–Kier alpha value is -1.75. The van der Waals surface area contributed by atoms with Crippen LogP contribution < -0.4 is 0 Å².